The smallest absolute Gasteiger partial charge is 0.141 e. The SMILES string of the molecule is Cc1sc2ncnc(N3CC[NH+](Cc4cccc(Cl)c4)CC3)c2c1C. The molecule has 2 aromatic heterocycles. The minimum atomic E-state index is 0.821. The van der Waals surface area contributed by atoms with Crippen LogP contribution in [0.15, 0.2) is 30.6 Å². The van der Waals surface area contributed by atoms with E-state index < -0.39 is 0 Å². The molecule has 0 atom stereocenters. The lowest BCUT2D eigenvalue weighted by Crippen LogP contribution is -3.13. The maximum absolute atomic E-state index is 6.11. The lowest BCUT2D eigenvalue weighted by molar-refractivity contribution is -0.914. The Hall–Kier alpha value is -1.69. The normalized spacial score (nSPS) is 15.9. The number of thiophene rings is 1. The van der Waals surface area contributed by atoms with Crippen LogP contribution in [0, 0.1) is 13.8 Å². The second kappa shape index (κ2) is 6.90. The van der Waals surface area contributed by atoms with E-state index >= 15 is 0 Å². The summed E-state index contributed by atoms with van der Waals surface area (Å²) in [6.07, 6.45) is 1.71. The van der Waals surface area contributed by atoms with Gasteiger partial charge >= 0.3 is 0 Å². The molecule has 130 valence electrons. The standard InChI is InChI=1S/C19H21ClN4S/c1-13-14(2)25-19-17(13)18(21-12-22-19)24-8-6-23(7-9-24)11-15-4-3-5-16(20)10-15/h3-5,10,12H,6-9,11H2,1-2H3/p+1. The highest BCUT2D eigenvalue weighted by Crippen LogP contribution is 2.34. The van der Waals surface area contributed by atoms with Crippen LogP contribution in [-0.2, 0) is 6.54 Å². The van der Waals surface area contributed by atoms with Crippen LogP contribution in [0.2, 0.25) is 5.02 Å². The molecule has 1 fully saturated rings. The molecule has 4 nitrogen and oxygen atoms in total. The third-order valence-corrected chi connectivity index (χ3v) is 6.41. The summed E-state index contributed by atoms with van der Waals surface area (Å²) in [5.41, 5.74) is 2.63. The van der Waals surface area contributed by atoms with Gasteiger partial charge in [0.1, 0.15) is 23.5 Å². The summed E-state index contributed by atoms with van der Waals surface area (Å²) >= 11 is 7.87. The minimum absolute atomic E-state index is 0.821. The zero-order chi connectivity index (χ0) is 17.4. The van der Waals surface area contributed by atoms with Crippen LogP contribution in [0.3, 0.4) is 0 Å². The first-order valence-electron chi connectivity index (χ1n) is 8.65. The number of fused-ring (bicyclic) bond motifs is 1. The number of hydrogen-bond donors (Lipinski definition) is 1. The summed E-state index contributed by atoms with van der Waals surface area (Å²) < 4.78 is 0. The van der Waals surface area contributed by atoms with Crippen LogP contribution in [0.1, 0.15) is 16.0 Å². The Balaban J connectivity index is 1.49. The van der Waals surface area contributed by atoms with Crippen molar-refractivity contribution in [1.82, 2.24) is 9.97 Å². The van der Waals surface area contributed by atoms with Gasteiger partial charge in [0.15, 0.2) is 0 Å². The van der Waals surface area contributed by atoms with E-state index in [1.807, 2.05) is 12.1 Å². The van der Waals surface area contributed by atoms with E-state index in [0.29, 0.717) is 0 Å². The molecule has 0 bridgehead atoms. The van der Waals surface area contributed by atoms with Crippen molar-refractivity contribution < 1.29 is 4.90 Å². The fourth-order valence-corrected chi connectivity index (χ4v) is 4.76. The van der Waals surface area contributed by atoms with Crippen molar-refractivity contribution in [2.75, 3.05) is 31.1 Å². The zero-order valence-electron chi connectivity index (χ0n) is 14.6. The number of piperazine rings is 1. The van der Waals surface area contributed by atoms with Gasteiger partial charge < -0.3 is 9.80 Å². The van der Waals surface area contributed by atoms with Gasteiger partial charge in [0.05, 0.1) is 31.6 Å². The van der Waals surface area contributed by atoms with Crippen molar-refractivity contribution >= 4 is 39.0 Å². The Morgan fingerprint density at radius 3 is 2.76 bits per heavy atom. The van der Waals surface area contributed by atoms with Gasteiger partial charge in [-0.1, -0.05) is 23.7 Å². The van der Waals surface area contributed by atoms with Crippen molar-refractivity contribution in [1.29, 1.82) is 0 Å². The zero-order valence-corrected chi connectivity index (χ0v) is 16.1. The molecule has 3 heterocycles. The molecular weight excluding hydrogens is 352 g/mol. The average molecular weight is 374 g/mol. The van der Waals surface area contributed by atoms with Gasteiger partial charge in [-0.15, -0.1) is 11.3 Å². The topological polar surface area (TPSA) is 33.5 Å². The van der Waals surface area contributed by atoms with Crippen molar-refractivity contribution in [3.63, 3.8) is 0 Å². The fourth-order valence-electron chi connectivity index (χ4n) is 3.55. The lowest BCUT2D eigenvalue weighted by atomic mass is 10.1. The molecule has 0 spiro atoms. The molecule has 0 saturated carbocycles. The summed E-state index contributed by atoms with van der Waals surface area (Å²) in [6.45, 7) is 9.65. The van der Waals surface area contributed by atoms with E-state index in [2.05, 4.69) is 40.8 Å². The molecule has 1 N–H and O–H groups in total. The summed E-state index contributed by atoms with van der Waals surface area (Å²) in [6, 6.07) is 8.21. The first kappa shape index (κ1) is 16.8. The molecular formula is C19H22ClN4S+. The van der Waals surface area contributed by atoms with Crippen LogP contribution >= 0.6 is 22.9 Å². The summed E-state index contributed by atoms with van der Waals surface area (Å²) in [5.74, 6) is 1.11. The Labute approximate surface area is 157 Å². The quantitative estimate of drug-likeness (QED) is 0.766. The van der Waals surface area contributed by atoms with Gasteiger partial charge in [-0.3, -0.25) is 0 Å². The maximum Gasteiger partial charge on any atom is 0.141 e. The largest absolute Gasteiger partial charge is 0.345 e. The van der Waals surface area contributed by atoms with E-state index in [1.165, 1.54) is 21.4 Å². The van der Waals surface area contributed by atoms with E-state index in [1.54, 1.807) is 22.6 Å². The van der Waals surface area contributed by atoms with E-state index in [9.17, 15) is 0 Å². The van der Waals surface area contributed by atoms with Gasteiger partial charge in [-0.05, 0) is 31.5 Å². The number of quaternary nitrogens is 1. The Morgan fingerprint density at radius 1 is 1.20 bits per heavy atom. The van der Waals surface area contributed by atoms with Gasteiger partial charge in [-0.2, -0.15) is 0 Å². The lowest BCUT2D eigenvalue weighted by Gasteiger charge is -2.33. The third-order valence-electron chi connectivity index (χ3n) is 5.06. The number of anilines is 1. The third kappa shape index (κ3) is 3.36. The number of aromatic nitrogens is 2. The fraction of sp³-hybridized carbons (Fsp3) is 0.368. The van der Waals surface area contributed by atoms with Crippen LogP contribution in [0.4, 0.5) is 5.82 Å². The Bertz CT molecular complexity index is 900. The number of halogens is 1. The minimum Gasteiger partial charge on any atom is -0.345 e. The highest BCUT2D eigenvalue weighted by molar-refractivity contribution is 7.18. The molecule has 25 heavy (non-hydrogen) atoms. The molecule has 0 amide bonds. The highest BCUT2D eigenvalue weighted by Gasteiger charge is 2.24. The average Bonchev–Trinajstić information content (AvgIpc) is 2.90. The van der Waals surface area contributed by atoms with Gasteiger partial charge in [0.2, 0.25) is 0 Å². The summed E-state index contributed by atoms with van der Waals surface area (Å²) in [7, 11) is 0. The van der Waals surface area contributed by atoms with Crippen molar-refractivity contribution in [3.8, 4) is 0 Å². The molecule has 0 radical (unpaired) electrons. The number of nitrogens with zero attached hydrogens (tertiary/aromatic N) is 3. The number of rotatable bonds is 3. The van der Waals surface area contributed by atoms with Gasteiger partial charge in [0, 0.05) is 15.5 Å². The predicted molar refractivity (Wildman–Crippen MR) is 105 cm³/mol. The summed E-state index contributed by atoms with van der Waals surface area (Å²) in [4.78, 5) is 15.5. The first-order valence-corrected chi connectivity index (χ1v) is 9.85. The number of nitrogens with one attached hydrogen (secondary N) is 1. The molecule has 0 unspecified atom stereocenters. The molecule has 0 aliphatic carbocycles. The van der Waals surface area contributed by atoms with Crippen LogP contribution < -0.4 is 9.80 Å². The van der Waals surface area contributed by atoms with E-state index in [4.69, 9.17) is 11.6 Å². The van der Waals surface area contributed by atoms with Gasteiger partial charge in [0.25, 0.3) is 0 Å². The predicted octanol–water partition coefficient (Wildman–Crippen LogP) is 2.87. The molecule has 4 rings (SSSR count). The molecule has 1 aliphatic heterocycles. The van der Waals surface area contributed by atoms with Crippen molar-refractivity contribution in [2.24, 2.45) is 0 Å². The highest BCUT2D eigenvalue weighted by atomic mass is 35.5. The van der Waals surface area contributed by atoms with Crippen LogP contribution in [0.5, 0.6) is 0 Å². The first-order chi connectivity index (χ1) is 12.1. The summed E-state index contributed by atoms with van der Waals surface area (Å²) in [5, 5.41) is 2.06. The molecule has 1 saturated heterocycles. The Kier molecular flexibility index (Phi) is 4.63. The monoisotopic (exact) mass is 373 g/mol. The molecule has 3 aromatic rings. The van der Waals surface area contributed by atoms with Crippen LogP contribution in [-0.4, -0.2) is 36.1 Å². The van der Waals surface area contributed by atoms with Gasteiger partial charge in [-0.25, -0.2) is 9.97 Å². The Morgan fingerprint density at radius 2 is 2.00 bits per heavy atom. The maximum atomic E-state index is 6.11. The van der Waals surface area contributed by atoms with Crippen molar-refractivity contribution in [2.45, 2.75) is 20.4 Å². The van der Waals surface area contributed by atoms with Crippen molar-refractivity contribution in [3.05, 3.63) is 51.6 Å². The number of aryl methyl sites for hydroxylation is 2. The van der Waals surface area contributed by atoms with E-state index in [-0.39, 0.29) is 0 Å². The number of hydrogen-bond acceptors (Lipinski definition) is 4. The molecule has 6 heteroatoms. The van der Waals surface area contributed by atoms with Crippen LogP contribution in [0.25, 0.3) is 10.2 Å². The van der Waals surface area contributed by atoms with E-state index in [0.717, 1.165) is 48.4 Å². The second-order valence-electron chi connectivity index (χ2n) is 6.70. The second-order valence-corrected chi connectivity index (χ2v) is 8.34. The number of benzene rings is 1. The molecule has 1 aromatic carbocycles. The molecule has 1 aliphatic rings.